The minimum Gasteiger partial charge on any atom is -0.428 e. The molecule has 33 heavy (non-hydrogen) atoms. The minimum absolute atomic E-state index is 0.222. The van der Waals surface area contributed by atoms with Crippen LogP contribution in [0.5, 0.6) is 5.75 Å². The van der Waals surface area contributed by atoms with Gasteiger partial charge in [-0.15, -0.1) is 0 Å². The van der Waals surface area contributed by atoms with Crippen LogP contribution in [0.4, 0.5) is 17.6 Å². The fourth-order valence-corrected chi connectivity index (χ4v) is 6.05. The van der Waals surface area contributed by atoms with E-state index in [1.54, 1.807) is 12.1 Å². The summed E-state index contributed by atoms with van der Waals surface area (Å²) < 4.78 is 54.7. The molecule has 5 heteroatoms. The van der Waals surface area contributed by atoms with Gasteiger partial charge >= 0.3 is 12.5 Å². The van der Waals surface area contributed by atoms with E-state index < -0.39 is 12.5 Å². The summed E-state index contributed by atoms with van der Waals surface area (Å²) in [5, 5.41) is 0. The first kappa shape index (κ1) is 26.3. The molecule has 0 saturated heterocycles. The average Bonchev–Trinajstić information content (AvgIpc) is 2.82. The van der Waals surface area contributed by atoms with Crippen LogP contribution < -0.4 is 4.74 Å². The van der Waals surface area contributed by atoms with Crippen molar-refractivity contribution in [1.82, 2.24) is 0 Å². The molecule has 0 heterocycles. The molecule has 2 aliphatic carbocycles. The van der Waals surface area contributed by atoms with E-state index in [-0.39, 0.29) is 5.75 Å². The molecule has 2 aliphatic rings. The summed E-state index contributed by atoms with van der Waals surface area (Å²) in [4.78, 5) is 0. The Hall–Kier alpha value is -1.26. The second-order valence-electron chi connectivity index (χ2n) is 10.6. The Morgan fingerprint density at radius 1 is 0.788 bits per heavy atom. The van der Waals surface area contributed by atoms with Crippen LogP contribution in [0.1, 0.15) is 102 Å². The molecule has 0 amide bonds. The first-order valence-electron chi connectivity index (χ1n) is 13.3. The lowest BCUT2D eigenvalue weighted by atomic mass is 9.68. The zero-order valence-electron chi connectivity index (χ0n) is 20.2. The van der Waals surface area contributed by atoms with Gasteiger partial charge in [0.1, 0.15) is 5.75 Å². The van der Waals surface area contributed by atoms with E-state index in [2.05, 4.69) is 11.7 Å². The highest BCUT2D eigenvalue weighted by atomic mass is 19.3. The first-order chi connectivity index (χ1) is 15.9. The second-order valence-corrected chi connectivity index (χ2v) is 10.6. The minimum atomic E-state index is -4.45. The number of unbranched alkanes of at least 4 members (excludes halogenated alkanes) is 3. The van der Waals surface area contributed by atoms with Gasteiger partial charge in [-0.25, -0.2) is 0 Å². The van der Waals surface area contributed by atoms with E-state index in [4.69, 9.17) is 0 Å². The molecule has 2 fully saturated rings. The molecule has 0 unspecified atom stereocenters. The maximum Gasteiger partial charge on any atom is 0.461 e. The van der Waals surface area contributed by atoms with E-state index in [1.807, 2.05) is 0 Å². The van der Waals surface area contributed by atoms with E-state index >= 15 is 0 Å². The molecule has 0 N–H and O–H groups in total. The topological polar surface area (TPSA) is 9.23 Å². The van der Waals surface area contributed by atoms with Gasteiger partial charge < -0.3 is 4.74 Å². The number of alkyl halides is 4. The van der Waals surface area contributed by atoms with Crippen molar-refractivity contribution in [2.45, 2.75) is 116 Å². The molecule has 1 nitrogen and oxygen atoms in total. The third kappa shape index (κ3) is 8.47. The molecule has 0 bridgehead atoms. The highest BCUT2D eigenvalue weighted by Crippen LogP contribution is 2.43. The van der Waals surface area contributed by atoms with Gasteiger partial charge in [-0.05, 0) is 79.9 Å². The molecule has 0 atom stereocenters. The second kappa shape index (κ2) is 13.0. The van der Waals surface area contributed by atoms with Crippen molar-refractivity contribution in [3.8, 4) is 5.75 Å². The Morgan fingerprint density at radius 2 is 1.33 bits per heavy atom. The van der Waals surface area contributed by atoms with E-state index in [9.17, 15) is 17.6 Å². The van der Waals surface area contributed by atoms with Crippen LogP contribution in [0.15, 0.2) is 24.3 Å². The zero-order valence-corrected chi connectivity index (χ0v) is 20.2. The average molecular weight is 471 g/mol. The van der Waals surface area contributed by atoms with Crippen LogP contribution >= 0.6 is 0 Å². The Bertz CT molecular complexity index is 659. The van der Waals surface area contributed by atoms with E-state index in [0.29, 0.717) is 0 Å². The fraction of sp³-hybridized carbons (Fsp3) is 0.786. The Balaban J connectivity index is 1.32. The highest BCUT2D eigenvalue weighted by molar-refractivity contribution is 5.27. The SMILES string of the molecule is CCCCCCC1CCC(C2CCC(CCc3ccc(OC(F)(F)C(F)F)cc3)CC2)CC1. The fourth-order valence-electron chi connectivity index (χ4n) is 6.05. The molecule has 1 aromatic carbocycles. The van der Waals surface area contributed by atoms with Crippen molar-refractivity contribution in [2.75, 3.05) is 0 Å². The molecular weight excluding hydrogens is 428 g/mol. The van der Waals surface area contributed by atoms with Crippen LogP contribution in [-0.2, 0) is 6.42 Å². The largest absolute Gasteiger partial charge is 0.461 e. The van der Waals surface area contributed by atoms with Crippen molar-refractivity contribution < 1.29 is 22.3 Å². The number of aryl methyl sites for hydroxylation is 1. The number of halogens is 4. The molecule has 0 spiro atoms. The van der Waals surface area contributed by atoms with Crippen LogP contribution in [0.2, 0.25) is 0 Å². The quantitative estimate of drug-likeness (QED) is 0.218. The summed E-state index contributed by atoms with van der Waals surface area (Å²) in [6, 6.07) is 6.15. The van der Waals surface area contributed by atoms with Crippen LogP contribution in [0.3, 0.4) is 0 Å². The molecule has 1 aromatic rings. The monoisotopic (exact) mass is 470 g/mol. The van der Waals surface area contributed by atoms with Crippen LogP contribution in [-0.4, -0.2) is 12.5 Å². The normalized spacial score (nSPS) is 26.5. The highest BCUT2D eigenvalue weighted by Gasteiger charge is 2.43. The lowest BCUT2D eigenvalue weighted by Crippen LogP contribution is -2.33. The van der Waals surface area contributed by atoms with E-state index in [0.717, 1.165) is 42.1 Å². The molecule has 3 rings (SSSR count). The van der Waals surface area contributed by atoms with Crippen molar-refractivity contribution in [2.24, 2.45) is 23.7 Å². The molecule has 0 radical (unpaired) electrons. The van der Waals surface area contributed by atoms with Gasteiger partial charge in [0.2, 0.25) is 0 Å². The van der Waals surface area contributed by atoms with Gasteiger partial charge in [-0.2, -0.15) is 17.6 Å². The first-order valence-corrected chi connectivity index (χ1v) is 13.3. The smallest absolute Gasteiger partial charge is 0.428 e. The molecular formula is C28H42F4O. The Kier molecular flexibility index (Phi) is 10.4. The number of benzene rings is 1. The van der Waals surface area contributed by atoms with Crippen molar-refractivity contribution >= 4 is 0 Å². The van der Waals surface area contributed by atoms with Gasteiger partial charge in [0.15, 0.2) is 0 Å². The molecule has 0 aromatic heterocycles. The predicted octanol–water partition coefficient (Wildman–Crippen LogP) is 9.44. The summed E-state index contributed by atoms with van der Waals surface area (Å²) in [5.74, 6) is 3.34. The van der Waals surface area contributed by atoms with Gasteiger partial charge in [-0.3, -0.25) is 0 Å². The van der Waals surface area contributed by atoms with Gasteiger partial charge in [0, 0.05) is 0 Å². The molecule has 2 saturated carbocycles. The van der Waals surface area contributed by atoms with Crippen LogP contribution in [0.25, 0.3) is 0 Å². The number of rotatable bonds is 12. The lowest BCUT2D eigenvalue weighted by molar-refractivity contribution is -0.253. The zero-order chi connectivity index (χ0) is 23.7. The number of hydrogen-bond acceptors (Lipinski definition) is 1. The van der Waals surface area contributed by atoms with Gasteiger partial charge in [0.25, 0.3) is 0 Å². The number of hydrogen-bond donors (Lipinski definition) is 0. The van der Waals surface area contributed by atoms with Crippen molar-refractivity contribution in [1.29, 1.82) is 0 Å². The maximum atomic E-state index is 13.0. The van der Waals surface area contributed by atoms with Crippen molar-refractivity contribution in [3.63, 3.8) is 0 Å². The summed E-state index contributed by atoms with van der Waals surface area (Å²) in [7, 11) is 0. The Labute approximate surface area is 197 Å². The van der Waals surface area contributed by atoms with Crippen molar-refractivity contribution in [3.05, 3.63) is 29.8 Å². The molecule has 188 valence electrons. The number of ether oxygens (including phenoxy) is 1. The summed E-state index contributed by atoms with van der Waals surface area (Å²) in [6.07, 6.45) is 11.8. The van der Waals surface area contributed by atoms with E-state index in [1.165, 1.54) is 95.6 Å². The lowest BCUT2D eigenvalue weighted by Gasteiger charge is -2.38. The Morgan fingerprint density at radius 3 is 1.85 bits per heavy atom. The standard InChI is InChI=1S/C28H42F4O/c1-2-3-4-5-6-21-9-15-24(16-10-21)25-17-11-22(12-18-25)7-8-23-13-19-26(20-14-23)33-28(31,32)27(29)30/h13-14,19-22,24-25,27H,2-12,15-18H2,1H3. The third-order valence-corrected chi connectivity index (χ3v) is 8.19. The predicted molar refractivity (Wildman–Crippen MR) is 126 cm³/mol. The van der Waals surface area contributed by atoms with Gasteiger partial charge in [-0.1, -0.05) is 76.8 Å². The summed E-state index contributed by atoms with van der Waals surface area (Å²) in [5.41, 5.74) is 1.04. The summed E-state index contributed by atoms with van der Waals surface area (Å²) in [6.45, 7) is 2.28. The summed E-state index contributed by atoms with van der Waals surface area (Å²) >= 11 is 0. The maximum absolute atomic E-state index is 13.0. The third-order valence-electron chi connectivity index (χ3n) is 8.19. The molecule has 0 aliphatic heterocycles. The van der Waals surface area contributed by atoms with Gasteiger partial charge in [0.05, 0.1) is 0 Å². The van der Waals surface area contributed by atoms with Crippen LogP contribution in [0, 0.1) is 23.7 Å².